The third-order valence-electron chi connectivity index (χ3n) is 1.01. The van der Waals surface area contributed by atoms with Crippen molar-refractivity contribution >= 4 is 21.9 Å². The zero-order chi connectivity index (χ0) is 9.78. The fraction of sp³-hybridized carbons (Fsp3) is 0.833. The first-order valence-corrected chi connectivity index (χ1v) is 4.16. The van der Waals surface area contributed by atoms with Crippen molar-refractivity contribution in [3.05, 3.63) is 0 Å². The van der Waals surface area contributed by atoms with Gasteiger partial charge in [0.25, 0.3) is 0 Å². The second-order valence-corrected chi connectivity index (χ2v) is 3.12. The quantitative estimate of drug-likeness (QED) is 0.566. The van der Waals surface area contributed by atoms with Gasteiger partial charge in [-0.15, -0.1) is 0 Å². The Kier molecular flexibility index (Phi) is 4.59. The molecule has 0 aromatic carbocycles. The van der Waals surface area contributed by atoms with E-state index in [0.717, 1.165) is 0 Å². The molecule has 0 N–H and O–H groups in total. The van der Waals surface area contributed by atoms with Crippen LogP contribution in [0.3, 0.4) is 0 Å². The SMILES string of the molecule is CCOC(=O)C[C@H](Br)C(F)(F)F. The van der Waals surface area contributed by atoms with Crippen LogP contribution in [0.25, 0.3) is 0 Å². The molecule has 0 aromatic heterocycles. The van der Waals surface area contributed by atoms with Crippen LogP contribution in [0.15, 0.2) is 0 Å². The zero-order valence-corrected chi connectivity index (χ0v) is 7.91. The van der Waals surface area contributed by atoms with Crippen molar-refractivity contribution in [3.8, 4) is 0 Å². The summed E-state index contributed by atoms with van der Waals surface area (Å²) in [6.45, 7) is 1.63. The molecule has 0 heterocycles. The molecule has 0 rings (SSSR count). The maximum Gasteiger partial charge on any atom is 0.401 e. The highest BCUT2D eigenvalue weighted by atomic mass is 79.9. The number of alkyl halides is 4. The molecular formula is C6H8BrF3O2. The highest BCUT2D eigenvalue weighted by Gasteiger charge is 2.39. The summed E-state index contributed by atoms with van der Waals surface area (Å²) < 4.78 is 39.7. The Bertz CT molecular complexity index is 157. The summed E-state index contributed by atoms with van der Waals surface area (Å²) in [4.78, 5) is 8.73. The van der Waals surface area contributed by atoms with Crippen LogP contribution in [0.4, 0.5) is 13.2 Å². The lowest BCUT2D eigenvalue weighted by molar-refractivity contribution is -0.153. The molecule has 0 bridgehead atoms. The molecular weight excluding hydrogens is 241 g/mol. The maximum absolute atomic E-state index is 11.8. The molecule has 0 unspecified atom stereocenters. The molecule has 0 fully saturated rings. The Balaban J connectivity index is 3.84. The number of ether oxygens (including phenoxy) is 1. The summed E-state index contributed by atoms with van der Waals surface area (Å²) >= 11 is 2.34. The molecule has 0 spiro atoms. The average Bonchev–Trinajstić information content (AvgIpc) is 1.85. The van der Waals surface area contributed by atoms with E-state index in [1.807, 2.05) is 0 Å². The van der Waals surface area contributed by atoms with Crippen molar-refractivity contribution in [1.29, 1.82) is 0 Å². The highest BCUT2D eigenvalue weighted by molar-refractivity contribution is 9.09. The van der Waals surface area contributed by atoms with Crippen LogP contribution in [-0.2, 0) is 9.53 Å². The Hall–Kier alpha value is -0.260. The summed E-state index contributed by atoms with van der Waals surface area (Å²) in [5.41, 5.74) is 0. The monoisotopic (exact) mass is 248 g/mol. The van der Waals surface area contributed by atoms with Crippen molar-refractivity contribution in [2.45, 2.75) is 24.3 Å². The average molecular weight is 249 g/mol. The van der Waals surface area contributed by atoms with Gasteiger partial charge in [0.15, 0.2) is 0 Å². The van der Waals surface area contributed by atoms with Crippen LogP contribution in [0.2, 0.25) is 0 Å². The van der Waals surface area contributed by atoms with Gasteiger partial charge < -0.3 is 4.74 Å². The summed E-state index contributed by atoms with van der Waals surface area (Å²) in [7, 11) is 0. The third-order valence-corrected chi connectivity index (χ3v) is 1.85. The predicted octanol–water partition coefficient (Wildman–Crippen LogP) is 2.27. The van der Waals surface area contributed by atoms with E-state index in [4.69, 9.17) is 0 Å². The fourth-order valence-corrected chi connectivity index (χ4v) is 0.746. The van der Waals surface area contributed by atoms with Crippen LogP contribution < -0.4 is 0 Å². The van der Waals surface area contributed by atoms with Crippen LogP contribution in [0.1, 0.15) is 13.3 Å². The van der Waals surface area contributed by atoms with Crippen molar-refractivity contribution in [1.82, 2.24) is 0 Å². The molecule has 0 aliphatic carbocycles. The molecule has 0 aliphatic rings. The first-order chi connectivity index (χ1) is 5.38. The molecule has 0 aromatic rings. The van der Waals surface area contributed by atoms with Crippen LogP contribution in [0, 0.1) is 0 Å². The van der Waals surface area contributed by atoms with Gasteiger partial charge in [0.05, 0.1) is 13.0 Å². The first-order valence-electron chi connectivity index (χ1n) is 3.24. The Morgan fingerprint density at radius 2 is 2.08 bits per heavy atom. The molecule has 1 atom stereocenters. The van der Waals surface area contributed by atoms with E-state index in [1.54, 1.807) is 0 Å². The van der Waals surface area contributed by atoms with E-state index in [2.05, 4.69) is 20.7 Å². The molecule has 0 amide bonds. The van der Waals surface area contributed by atoms with Crippen molar-refractivity contribution in [2.75, 3.05) is 6.61 Å². The van der Waals surface area contributed by atoms with Gasteiger partial charge in [0, 0.05) is 0 Å². The van der Waals surface area contributed by atoms with E-state index < -0.39 is 23.4 Å². The molecule has 0 radical (unpaired) electrons. The van der Waals surface area contributed by atoms with Gasteiger partial charge in [-0.3, -0.25) is 4.79 Å². The molecule has 0 aliphatic heterocycles. The summed E-state index contributed by atoms with van der Waals surface area (Å²) in [5.74, 6) is -0.850. The summed E-state index contributed by atoms with van der Waals surface area (Å²) in [6.07, 6.45) is -5.08. The number of halogens is 4. The number of carbonyl (C=O) groups is 1. The van der Waals surface area contributed by atoms with Gasteiger partial charge in [-0.2, -0.15) is 13.2 Å². The van der Waals surface area contributed by atoms with Gasteiger partial charge in [-0.1, -0.05) is 15.9 Å². The normalized spacial score (nSPS) is 14.1. The van der Waals surface area contributed by atoms with Crippen molar-refractivity contribution in [3.63, 3.8) is 0 Å². The minimum absolute atomic E-state index is 0.0937. The molecule has 0 saturated carbocycles. The zero-order valence-electron chi connectivity index (χ0n) is 6.32. The fourth-order valence-electron chi connectivity index (χ4n) is 0.482. The number of hydrogen-bond acceptors (Lipinski definition) is 2. The lowest BCUT2D eigenvalue weighted by atomic mass is 10.3. The highest BCUT2D eigenvalue weighted by Crippen LogP contribution is 2.28. The van der Waals surface area contributed by atoms with Crippen LogP contribution >= 0.6 is 15.9 Å². The minimum atomic E-state index is -4.40. The van der Waals surface area contributed by atoms with Gasteiger partial charge in [0.1, 0.15) is 4.83 Å². The number of esters is 1. The van der Waals surface area contributed by atoms with Gasteiger partial charge in [-0.05, 0) is 6.92 Å². The second kappa shape index (κ2) is 4.69. The first kappa shape index (κ1) is 11.7. The van der Waals surface area contributed by atoms with E-state index in [1.165, 1.54) is 6.92 Å². The largest absolute Gasteiger partial charge is 0.466 e. The van der Waals surface area contributed by atoms with Crippen LogP contribution in [-0.4, -0.2) is 23.6 Å². The second-order valence-electron chi connectivity index (χ2n) is 2.02. The van der Waals surface area contributed by atoms with E-state index >= 15 is 0 Å². The van der Waals surface area contributed by atoms with Gasteiger partial charge >= 0.3 is 12.1 Å². The lowest BCUT2D eigenvalue weighted by Crippen LogP contribution is -2.26. The van der Waals surface area contributed by atoms with E-state index in [0.29, 0.717) is 0 Å². The number of hydrogen-bond donors (Lipinski definition) is 0. The van der Waals surface area contributed by atoms with Crippen molar-refractivity contribution in [2.24, 2.45) is 0 Å². The minimum Gasteiger partial charge on any atom is -0.466 e. The summed E-state index contributed by atoms with van der Waals surface area (Å²) in [5, 5.41) is 0. The van der Waals surface area contributed by atoms with Gasteiger partial charge in [-0.25, -0.2) is 0 Å². The molecule has 12 heavy (non-hydrogen) atoms. The van der Waals surface area contributed by atoms with E-state index in [-0.39, 0.29) is 6.61 Å². The van der Waals surface area contributed by atoms with E-state index in [9.17, 15) is 18.0 Å². The maximum atomic E-state index is 11.8. The topological polar surface area (TPSA) is 26.3 Å². The summed E-state index contributed by atoms with van der Waals surface area (Å²) in [6, 6.07) is 0. The molecule has 6 heteroatoms. The van der Waals surface area contributed by atoms with Gasteiger partial charge in [0.2, 0.25) is 0 Å². The molecule has 72 valence electrons. The Morgan fingerprint density at radius 1 is 1.58 bits per heavy atom. The standard InChI is InChI=1S/C6H8BrF3O2/c1-2-12-5(11)3-4(7)6(8,9)10/h4H,2-3H2,1H3/t4-/m0/s1. The number of carbonyl (C=O) groups excluding carboxylic acids is 1. The Morgan fingerprint density at radius 3 is 2.42 bits per heavy atom. The lowest BCUT2D eigenvalue weighted by Gasteiger charge is -2.12. The molecule has 2 nitrogen and oxygen atoms in total. The van der Waals surface area contributed by atoms with Crippen LogP contribution in [0.5, 0.6) is 0 Å². The predicted molar refractivity (Wildman–Crippen MR) is 40.0 cm³/mol. The Labute approximate surface area is 76.2 Å². The number of rotatable bonds is 3. The van der Waals surface area contributed by atoms with Crippen molar-refractivity contribution < 1.29 is 22.7 Å². The smallest absolute Gasteiger partial charge is 0.401 e. The molecule has 0 saturated heterocycles. The third kappa shape index (κ3) is 4.58.